The van der Waals surface area contributed by atoms with Crippen molar-refractivity contribution in [2.24, 2.45) is 11.1 Å². The fourth-order valence-electron chi connectivity index (χ4n) is 2.57. The highest BCUT2D eigenvalue weighted by Crippen LogP contribution is 2.47. The zero-order valence-corrected chi connectivity index (χ0v) is 11.9. The van der Waals surface area contributed by atoms with Crippen LogP contribution in [0, 0.1) is 5.41 Å². The molecular weight excluding hydrogens is 252 g/mol. The summed E-state index contributed by atoms with van der Waals surface area (Å²) in [6, 6.07) is 0. The molecule has 0 heterocycles. The summed E-state index contributed by atoms with van der Waals surface area (Å²) in [6.45, 7) is 0.761. The van der Waals surface area contributed by atoms with Crippen LogP contribution in [0.1, 0.15) is 38.5 Å². The minimum Gasteiger partial charge on any atom is -0.392 e. The van der Waals surface area contributed by atoms with Crippen LogP contribution in [0.25, 0.3) is 0 Å². The third-order valence-corrected chi connectivity index (χ3v) is 5.98. The molecule has 3 nitrogen and oxygen atoms in total. The van der Waals surface area contributed by atoms with Crippen LogP contribution >= 0.6 is 24.0 Å². The summed E-state index contributed by atoms with van der Waals surface area (Å²) in [4.78, 5) is 12.7. The topological polar surface area (TPSA) is 55.1 Å². The Kier molecular flexibility index (Phi) is 3.69. The first-order valence-corrected chi connectivity index (χ1v) is 7.81. The number of thioether (sulfide) groups is 1. The van der Waals surface area contributed by atoms with E-state index in [1.807, 2.05) is 11.8 Å². The van der Waals surface area contributed by atoms with Gasteiger partial charge in [-0.3, -0.25) is 4.79 Å². The molecule has 1 amide bonds. The van der Waals surface area contributed by atoms with Crippen molar-refractivity contribution in [1.82, 2.24) is 5.32 Å². The van der Waals surface area contributed by atoms with Crippen LogP contribution in [0.3, 0.4) is 0 Å². The van der Waals surface area contributed by atoms with E-state index >= 15 is 0 Å². The van der Waals surface area contributed by atoms with Gasteiger partial charge in [-0.15, -0.1) is 0 Å². The first-order valence-electron chi connectivity index (χ1n) is 6.18. The number of hydrogen-bond donors (Lipinski definition) is 2. The summed E-state index contributed by atoms with van der Waals surface area (Å²) in [5.41, 5.74) is 5.23. The monoisotopic (exact) mass is 272 g/mol. The van der Waals surface area contributed by atoms with Crippen LogP contribution in [0.2, 0.25) is 0 Å². The van der Waals surface area contributed by atoms with E-state index in [-0.39, 0.29) is 5.91 Å². The molecule has 0 atom stereocenters. The molecule has 0 aromatic heterocycles. The van der Waals surface area contributed by atoms with Crippen molar-refractivity contribution in [3.05, 3.63) is 0 Å². The second-order valence-corrected chi connectivity index (χ2v) is 6.94. The standard InChI is InChI=1S/C12H20N2OS2/c1-17-11(6-7-11)8-14-10(15)12(9(13)16)4-2-3-5-12/h2-8H2,1H3,(H2,13,16)(H,14,15). The summed E-state index contributed by atoms with van der Waals surface area (Å²) < 4.78 is 0.297. The Morgan fingerprint density at radius 1 is 1.35 bits per heavy atom. The maximum Gasteiger partial charge on any atom is 0.233 e. The molecule has 5 heteroatoms. The van der Waals surface area contributed by atoms with Gasteiger partial charge in [0.2, 0.25) is 5.91 Å². The molecule has 3 N–H and O–H groups in total. The molecule has 2 aliphatic carbocycles. The van der Waals surface area contributed by atoms with Gasteiger partial charge in [-0.25, -0.2) is 0 Å². The van der Waals surface area contributed by atoms with E-state index in [4.69, 9.17) is 18.0 Å². The van der Waals surface area contributed by atoms with Gasteiger partial charge >= 0.3 is 0 Å². The first-order chi connectivity index (χ1) is 8.05. The molecule has 0 aliphatic heterocycles. The van der Waals surface area contributed by atoms with E-state index in [1.54, 1.807) is 0 Å². The molecule has 17 heavy (non-hydrogen) atoms. The predicted octanol–water partition coefficient (Wildman–Crippen LogP) is 1.84. The van der Waals surface area contributed by atoms with Crippen LogP contribution in [0.5, 0.6) is 0 Å². The first kappa shape index (κ1) is 13.1. The van der Waals surface area contributed by atoms with Crippen molar-refractivity contribution < 1.29 is 4.79 Å². The van der Waals surface area contributed by atoms with Gasteiger partial charge in [-0.2, -0.15) is 11.8 Å². The van der Waals surface area contributed by atoms with Crippen LogP contribution in [0.15, 0.2) is 0 Å². The molecule has 0 saturated heterocycles. The van der Waals surface area contributed by atoms with E-state index < -0.39 is 5.41 Å². The summed E-state index contributed by atoms with van der Waals surface area (Å²) in [5.74, 6) is 0.0582. The number of carbonyl (C=O) groups is 1. The predicted molar refractivity (Wildman–Crippen MR) is 76.2 cm³/mol. The molecule has 0 aromatic carbocycles. The molecule has 2 aliphatic rings. The highest BCUT2D eigenvalue weighted by Gasteiger charge is 2.46. The van der Waals surface area contributed by atoms with Crippen LogP contribution < -0.4 is 11.1 Å². The molecule has 2 saturated carbocycles. The molecule has 0 bridgehead atoms. The Morgan fingerprint density at radius 3 is 2.35 bits per heavy atom. The lowest BCUT2D eigenvalue weighted by atomic mass is 9.85. The van der Waals surface area contributed by atoms with Crippen LogP contribution in [-0.2, 0) is 4.79 Å². The third kappa shape index (κ3) is 2.45. The highest BCUT2D eigenvalue weighted by molar-refractivity contribution is 8.00. The number of amides is 1. The number of carbonyl (C=O) groups excluding carboxylic acids is 1. The molecule has 0 spiro atoms. The lowest BCUT2D eigenvalue weighted by Gasteiger charge is -2.27. The molecular formula is C12H20N2OS2. The molecule has 0 aromatic rings. The Morgan fingerprint density at radius 2 is 1.94 bits per heavy atom. The van der Waals surface area contributed by atoms with Gasteiger partial charge in [0.15, 0.2) is 0 Å². The van der Waals surface area contributed by atoms with Gasteiger partial charge in [-0.1, -0.05) is 25.1 Å². The normalized spacial score (nSPS) is 24.3. The summed E-state index contributed by atoms with van der Waals surface area (Å²) in [6.07, 6.45) is 8.26. The summed E-state index contributed by atoms with van der Waals surface area (Å²) in [7, 11) is 0. The van der Waals surface area contributed by atoms with Crippen molar-refractivity contribution in [2.75, 3.05) is 12.8 Å². The zero-order chi connectivity index (χ0) is 12.5. The SMILES string of the molecule is CSC1(CNC(=O)C2(C(N)=S)CCCC2)CC1. The maximum absolute atomic E-state index is 12.3. The van der Waals surface area contributed by atoms with Gasteiger partial charge < -0.3 is 11.1 Å². The van der Waals surface area contributed by atoms with Crippen molar-refractivity contribution in [1.29, 1.82) is 0 Å². The number of nitrogens with one attached hydrogen (secondary N) is 1. The number of hydrogen-bond acceptors (Lipinski definition) is 3. The van der Waals surface area contributed by atoms with E-state index in [0.29, 0.717) is 9.74 Å². The van der Waals surface area contributed by atoms with E-state index in [1.165, 1.54) is 12.8 Å². The zero-order valence-electron chi connectivity index (χ0n) is 10.3. The van der Waals surface area contributed by atoms with Gasteiger partial charge in [0.05, 0.1) is 10.4 Å². The number of thiocarbonyl (C=S) groups is 1. The second-order valence-electron chi connectivity index (χ2n) is 5.22. The van der Waals surface area contributed by atoms with Crippen molar-refractivity contribution in [2.45, 2.75) is 43.3 Å². The third-order valence-electron chi connectivity index (χ3n) is 4.18. The molecule has 0 unspecified atom stereocenters. The average molecular weight is 272 g/mol. The lowest BCUT2D eigenvalue weighted by molar-refractivity contribution is -0.127. The Labute approximate surface area is 112 Å². The summed E-state index contributed by atoms with van der Waals surface area (Å²) >= 11 is 6.96. The number of rotatable bonds is 5. The maximum atomic E-state index is 12.3. The van der Waals surface area contributed by atoms with Gasteiger partial charge in [0.1, 0.15) is 0 Å². The number of nitrogens with two attached hydrogens (primary N) is 1. The Bertz CT molecular complexity index is 333. The van der Waals surface area contributed by atoms with E-state index in [2.05, 4.69) is 11.6 Å². The highest BCUT2D eigenvalue weighted by atomic mass is 32.2. The molecule has 2 rings (SSSR count). The van der Waals surface area contributed by atoms with Gasteiger partial charge in [0.25, 0.3) is 0 Å². The van der Waals surface area contributed by atoms with E-state index in [9.17, 15) is 4.79 Å². The second kappa shape index (κ2) is 4.76. The molecule has 96 valence electrons. The molecule has 2 fully saturated rings. The Balaban J connectivity index is 1.96. The van der Waals surface area contributed by atoms with Gasteiger partial charge in [0, 0.05) is 11.3 Å². The fourth-order valence-corrected chi connectivity index (χ4v) is 3.59. The van der Waals surface area contributed by atoms with Crippen molar-refractivity contribution in [3.63, 3.8) is 0 Å². The largest absolute Gasteiger partial charge is 0.392 e. The minimum atomic E-state index is -0.552. The van der Waals surface area contributed by atoms with Gasteiger partial charge in [-0.05, 0) is 31.9 Å². The van der Waals surface area contributed by atoms with Crippen LogP contribution in [0.4, 0.5) is 0 Å². The Hall–Kier alpha value is -0.290. The van der Waals surface area contributed by atoms with Crippen LogP contribution in [-0.4, -0.2) is 28.4 Å². The van der Waals surface area contributed by atoms with Crippen molar-refractivity contribution in [3.8, 4) is 0 Å². The molecule has 0 radical (unpaired) electrons. The minimum absolute atomic E-state index is 0.0582. The fraction of sp³-hybridized carbons (Fsp3) is 0.833. The quantitative estimate of drug-likeness (QED) is 0.750. The van der Waals surface area contributed by atoms with E-state index in [0.717, 1.165) is 32.2 Å². The lowest BCUT2D eigenvalue weighted by Crippen LogP contribution is -2.48. The smallest absolute Gasteiger partial charge is 0.233 e. The summed E-state index contributed by atoms with van der Waals surface area (Å²) in [5, 5.41) is 3.07. The van der Waals surface area contributed by atoms with Crippen molar-refractivity contribution >= 4 is 34.9 Å². The average Bonchev–Trinajstić information content (AvgIpc) is 2.92.